The molecular formula is C12H14ClNO3. The molecule has 1 fully saturated rings. The van der Waals surface area contributed by atoms with E-state index in [0.717, 1.165) is 30.8 Å². The molecule has 2 heterocycles. The van der Waals surface area contributed by atoms with Gasteiger partial charge in [-0.2, -0.15) is 0 Å². The molecule has 1 unspecified atom stereocenters. The molecule has 2 aliphatic rings. The summed E-state index contributed by atoms with van der Waals surface area (Å²) in [4.78, 5) is 0. The smallest absolute Gasteiger partial charge is 0.231 e. The highest BCUT2D eigenvalue weighted by Crippen LogP contribution is 2.49. The second-order valence-corrected chi connectivity index (χ2v) is 4.61. The Hall–Kier alpha value is -1.13. The van der Waals surface area contributed by atoms with E-state index in [-0.39, 0.29) is 6.79 Å². The summed E-state index contributed by atoms with van der Waals surface area (Å²) in [6.45, 7) is 2.21. The highest BCUT2D eigenvalue weighted by Gasteiger charge is 2.28. The number of ether oxygens (including phenoxy) is 3. The second-order valence-electron chi connectivity index (χ2n) is 4.24. The molecule has 3 rings (SSSR count). The van der Waals surface area contributed by atoms with Crippen molar-refractivity contribution in [1.29, 1.82) is 0 Å². The first-order chi connectivity index (χ1) is 8.31. The molecule has 92 valence electrons. The van der Waals surface area contributed by atoms with Gasteiger partial charge in [0.1, 0.15) is 10.8 Å². The molecule has 0 bridgehead atoms. The van der Waals surface area contributed by atoms with Gasteiger partial charge >= 0.3 is 0 Å². The van der Waals surface area contributed by atoms with Crippen molar-refractivity contribution < 1.29 is 14.2 Å². The van der Waals surface area contributed by atoms with E-state index >= 15 is 0 Å². The normalized spacial score (nSPS) is 21.9. The number of nitrogens with one attached hydrogen (secondary N) is 1. The zero-order valence-electron chi connectivity index (χ0n) is 9.59. The maximum absolute atomic E-state index is 6.29. The average molecular weight is 256 g/mol. The monoisotopic (exact) mass is 255 g/mol. The van der Waals surface area contributed by atoms with Crippen LogP contribution in [0.5, 0.6) is 17.2 Å². The van der Waals surface area contributed by atoms with Crippen molar-refractivity contribution >= 4 is 11.6 Å². The molecule has 1 saturated heterocycles. The first-order valence-corrected chi connectivity index (χ1v) is 6.05. The summed E-state index contributed by atoms with van der Waals surface area (Å²) >= 11 is 6.29. The van der Waals surface area contributed by atoms with E-state index in [4.69, 9.17) is 25.8 Å². The number of benzene rings is 1. The number of methoxy groups -OCH3 is 1. The van der Waals surface area contributed by atoms with E-state index < -0.39 is 0 Å². The lowest BCUT2D eigenvalue weighted by Crippen LogP contribution is -2.09. The molecule has 0 saturated carbocycles. The Morgan fingerprint density at radius 1 is 1.47 bits per heavy atom. The van der Waals surface area contributed by atoms with Crippen LogP contribution < -0.4 is 19.5 Å². The summed E-state index contributed by atoms with van der Waals surface area (Å²) < 4.78 is 16.2. The molecule has 0 aliphatic carbocycles. The highest BCUT2D eigenvalue weighted by molar-refractivity contribution is 6.34. The summed E-state index contributed by atoms with van der Waals surface area (Å²) in [5, 5.41) is 3.86. The predicted molar refractivity (Wildman–Crippen MR) is 64.4 cm³/mol. The van der Waals surface area contributed by atoms with Gasteiger partial charge in [0.25, 0.3) is 0 Å². The minimum atomic E-state index is 0.227. The van der Waals surface area contributed by atoms with E-state index in [1.165, 1.54) is 0 Å². The summed E-state index contributed by atoms with van der Waals surface area (Å²) in [5.74, 6) is 2.46. The molecule has 1 N–H and O–H groups in total. The van der Waals surface area contributed by atoms with E-state index in [9.17, 15) is 0 Å². The highest BCUT2D eigenvalue weighted by atomic mass is 35.5. The quantitative estimate of drug-likeness (QED) is 0.879. The van der Waals surface area contributed by atoms with Crippen LogP contribution in [0.2, 0.25) is 5.02 Å². The van der Waals surface area contributed by atoms with Crippen LogP contribution in [0.4, 0.5) is 0 Å². The molecule has 4 nitrogen and oxygen atoms in total. The van der Waals surface area contributed by atoms with Crippen LogP contribution in [0.25, 0.3) is 0 Å². The molecule has 1 atom stereocenters. The minimum Gasteiger partial charge on any atom is -0.495 e. The first kappa shape index (κ1) is 11.0. The third kappa shape index (κ3) is 1.72. The van der Waals surface area contributed by atoms with Gasteiger partial charge in [-0.1, -0.05) is 11.6 Å². The van der Waals surface area contributed by atoms with Gasteiger partial charge in [-0.05, 0) is 19.0 Å². The Labute approximate surface area is 105 Å². The van der Waals surface area contributed by atoms with Crippen LogP contribution in [-0.2, 0) is 0 Å². The zero-order valence-corrected chi connectivity index (χ0v) is 10.3. The lowest BCUT2D eigenvalue weighted by Gasteiger charge is -2.16. The van der Waals surface area contributed by atoms with E-state index in [0.29, 0.717) is 22.4 Å². The van der Waals surface area contributed by atoms with Gasteiger partial charge in [-0.15, -0.1) is 0 Å². The first-order valence-electron chi connectivity index (χ1n) is 5.68. The third-order valence-corrected chi connectivity index (χ3v) is 3.64. The maximum Gasteiger partial charge on any atom is 0.231 e. The van der Waals surface area contributed by atoms with Crippen LogP contribution in [-0.4, -0.2) is 27.0 Å². The Bertz CT molecular complexity index is 444. The third-order valence-electron chi connectivity index (χ3n) is 3.29. The van der Waals surface area contributed by atoms with Crippen LogP contribution in [0.3, 0.4) is 0 Å². The topological polar surface area (TPSA) is 39.7 Å². The summed E-state index contributed by atoms with van der Waals surface area (Å²) in [6.07, 6.45) is 1.09. The Kier molecular flexibility index (Phi) is 2.76. The molecule has 17 heavy (non-hydrogen) atoms. The largest absolute Gasteiger partial charge is 0.495 e. The SMILES string of the molecule is COc1c(C2CCNC2)cc2c(c1Cl)OCO2. The molecular weight excluding hydrogens is 242 g/mol. The molecule has 0 aromatic heterocycles. The van der Waals surface area contributed by atoms with Crippen molar-refractivity contribution in [2.75, 3.05) is 27.0 Å². The lowest BCUT2D eigenvalue weighted by molar-refractivity contribution is 0.174. The minimum absolute atomic E-state index is 0.227. The van der Waals surface area contributed by atoms with Gasteiger partial charge in [0.2, 0.25) is 6.79 Å². The van der Waals surface area contributed by atoms with Crippen molar-refractivity contribution in [3.63, 3.8) is 0 Å². The van der Waals surface area contributed by atoms with Crippen LogP contribution in [0, 0.1) is 0 Å². The second kappa shape index (κ2) is 4.27. The predicted octanol–water partition coefficient (Wildman–Crippen LogP) is 2.15. The van der Waals surface area contributed by atoms with Crippen LogP contribution >= 0.6 is 11.6 Å². The number of hydrogen-bond acceptors (Lipinski definition) is 4. The molecule has 1 aromatic carbocycles. The van der Waals surface area contributed by atoms with Crippen molar-refractivity contribution in [1.82, 2.24) is 5.32 Å². The number of hydrogen-bond donors (Lipinski definition) is 1. The van der Waals surface area contributed by atoms with Crippen molar-refractivity contribution in [2.45, 2.75) is 12.3 Å². The molecule has 5 heteroatoms. The van der Waals surface area contributed by atoms with Gasteiger partial charge in [-0.25, -0.2) is 0 Å². The fourth-order valence-electron chi connectivity index (χ4n) is 2.43. The zero-order chi connectivity index (χ0) is 11.8. The molecule has 2 aliphatic heterocycles. The standard InChI is InChI=1S/C12H14ClNO3/c1-15-11-8(7-2-3-14-5-7)4-9-12(10(11)13)17-6-16-9/h4,7,14H,2-3,5-6H2,1H3. The number of fused-ring (bicyclic) bond motifs is 1. The summed E-state index contributed by atoms with van der Waals surface area (Å²) in [7, 11) is 1.63. The number of halogens is 1. The van der Waals surface area contributed by atoms with Gasteiger partial charge in [-0.3, -0.25) is 0 Å². The molecule has 0 spiro atoms. The lowest BCUT2D eigenvalue weighted by atomic mass is 9.97. The van der Waals surface area contributed by atoms with Gasteiger partial charge < -0.3 is 19.5 Å². The average Bonchev–Trinajstić information content (AvgIpc) is 2.99. The van der Waals surface area contributed by atoms with Gasteiger partial charge in [0, 0.05) is 18.0 Å². The molecule has 1 aromatic rings. The van der Waals surface area contributed by atoms with E-state index in [1.807, 2.05) is 6.07 Å². The Balaban J connectivity index is 2.10. The fourth-order valence-corrected chi connectivity index (χ4v) is 2.77. The van der Waals surface area contributed by atoms with E-state index in [2.05, 4.69) is 5.32 Å². The Morgan fingerprint density at radius 2 is 2.35 bits per heavy atom. The van der Waals surface area contributed by atoms with Crippen LogP contribution in [0.1, 0.15) is 17.9 Å². The summed E-state index contributed by atoms with van der Waals surface area (Å²) in [5.41, 5.74) is 1.10. The van der Waals surface area contributed by atoms with Crippen molar-refractivity contribution in [3.8, 4) is 17.2 Å². The van der Waals surface area contributed by atoms with Crippen molar-refractivity contribution in [3.05, 3.63) is 16.7 Å². The van der Waals surface area contributed by atoms with Crippen molar-refractivity contribution in [2.24, 2.45) is 0 Å². The number of rotatable bonds is 2. The van der Waals surface area contributed by atoms with Gasteiger partial charge in [0.15, 0.2) is 11.5 Å². The van der Waals surface area contributed by atoms with E-state index in [1.54, 1.807) is 7.11 Å². The Morgan fingerprint density at radius 3 is 3.06 bits per heavy atom. The maximum atomic E-state index is 6.29. The molecule has 0 radical (unpaired) electrons. The van der Waals surface area contributed by atoms with Crippen LogP contribution in [0.15, 0.2) is 6.07 Å². The summed E-state index contributed by atoms with van der Waals surface area (Å²) in [6, 6.07) is 1.99. The molecule has 0 amide bonds. The van der Waals surface area contributed by atoms with Gasteiger partial charge in [0.05, 0.1) is 7.11 Å². The fraction of sp³-hybridized carbons (Fsp3) is 0.500.